The third kappa shape index (κ3) is 3.54. The minimum Gasteiger partial charge on any atom is -0.354 e. The quantitative estimate of drug-likeness (QED) is 0.832. The molecule has 1 amide bonds. The minimum absolute atomic E-state index is 0.0158. The van der Waals surface area contributed by atoms with Crippen molar-refractivity contribution < 1.29 is 4.79 Å². The van der Waals surface area contributed by atoms with Gasteiger partial charge in [0.05, 0.1) is 0 Å². The van der Waals surface area contributed by atoms with Crippen LogP contribution in [0.3, 0.4) is 0 Å². The first-order chi connectivity index (χ1) is 9.58. The van der Waals surface area contributed by atoms with Gasteiger partial charge < -0.3 is 5.32 Å². The normalized spacial score (nSPS) is 10.8. The van der Waals surface area contributed by atoms with E-state index in [1.165, 1.54) is 0 Å². The van der Waals surface area contributed by atoms with Crippen LogP contribution in [0.5, 0.6) is 0 Å². The molecule has 0 aliphatic heterocycles. The van der Waals surface area contributed by atoms with E-state index in [0.717, 1.165) is 11.4 Å². The number of H-pyrrole nitrogens is 1. The molecule has 0 unspecified atom stereocenters. The molecule has 0 aliphatic carbocycles. The van der Waals surface area contributed by atoms with Gasteiger partial charge in [0.25, 0.3) is 0 Å². The van der Waals surface area contributed by atoms with Gasteiger partial charge >= 0.3 is 0 Å². The predicted octanol–water partition coefficient (Wildman–Crippen LogP) is 2.52. The molecule has 0 radical (unpaired) electrons. The number of hydrogen-bond acceptors (Lipinski definition) is 3. The molecule has 6 heteroatoms. The Balaban J connectivity index is 2.15. The van der Waals surface area contributed by atoms with Crippen molar-refractivity contribution in [1.82, 2.24) is 20.1 Å². The lowest BCUT2D eigenvalue weighted by Gasteiger charge is -2.09. The zero-order valence-electron chi connectivity index (χ0n) is 11.6. The molecule has 2 N–H and O–H groups in total. The van der Waals surface area contributed by atoms with Crippen LogP contribution in [-0.2, 0) is 11.3 Å². The van der Waals surface area contributed by atoms with Crippen LogP contribution in [0.4, 0.5) is 0 Å². The Kier molecular flexibility index (Phi) is 4.68. The highest BCUT2D eigenvalue weighted by Crippen LogP contribution is 2.16. The summed E-state index contributed by atoms with van der Waals surface area (Å²) >= 11 is 5.23. The number of aromatic amines is 1. The van der Waals surface area contributed by atoms with Crippen LogP contribution in [0.25, 0.3) is 11.4 Å². The van der Waals surface area contributed by atoms with Gasteiger partial charge in [0.1, 0.15) is 0 Å². The van der Waals surface area contributed by atoms with E-state index in [-0.39, 0.29) is 11.9 Å². The second kappa shape index (κ2) is 6.47. The number of nitrogens with one attached hydrogen (secondary N) is 2. The smallest absolute Gasteiger partial charge is 0.221 e. The summed E-state index contributed by atoms with van der Waals surface area (Å²) in [5.41, 5.74) is 0.976. The number of benzene rings is 1. The number of aromatic nitrogens is 3. The highest BCUT2D eigenvalue weighted by Gasteiger charge is 2.10. The van der Waals surface area contributed by atoms with E-state index < -0.39 is 0 Å². The highest BCUT2D eigenvalue weighted by molar-refractivity contribution is 7.71. The van der Waals surface area contributed by atoms with Crippen molar-refractivity contribution in [2.24, 2.45) is 0 Å². The Morgan fingerprint density at radius 2 is 2.10 bits per heavy atom. The molecule has 106 valence electrons. The molecule has 5 nitrogen and oxygen atoms in total. The van der Waals surface area contributed by atoms with Gasteiger partial charge in [-0.3, -0.25) is 14.5 Å². The first kappa shape index (κ1) is 14.5. The Labute approximate surface area is 123 Å². The van der Waals surface area contributed by atoms with Gasteiger partial charge in [-0.15, -0.1) is 0 Å². The Bertz CT molecular complexity index is 630. The maximum absolute atomic E-state index is 11.7. The molecule has 0 saturated carbocycles. The Hall–Kier alpha value is -1.95. The fraction of sp³-hybridized carbons (Fsp3) is 0.357. The van der Waals surface area contributed by atoms with Gasteiger partial charge in [-0.1, -0.05) is 30.3 Å². The van der Waals surface area contributed by atoms with Crippen molar-refractivity contribution in [3.8, 4) is 11.4 Å². The van der Waals surface area contributed by atoms with Gasteiger partial charge in [0.15, 0.2) is 10.6 Å². The molecule has 1 heterocycles. The molecule has 20 heavy (non-hydrogen) atoms. The highest BCUT2D eigenvalue weighted by atomic mass is 32.1. The van der Waals surface area contributed by atoms with Gasteiger partial charge in [-0.25, -0.2) is 0 Å². The van der Waals surface area contributed by atoms with Crippen LogP contribution in [0.1, 0.15) is 20.3 Å². The molecular formula is C14H18N4OS. The van der Waals surface area contributed by atoms with Crippen LogP contribution in [-0.4, -0.2) is 26.7 Å². The summed E-state index contributed by atoms with van der Waals surface area (Å²) in [6.07, 6.45) is 0.381. The van der Waals surface area contributed by atoms with E-state index in [1.54, 1.807) is 0 Å². The Morgan fingerprint density at radius 3 is 2.75 bits per heavy atom. The fourth-order valence-corrected chi connectivity index (χ4v) is 2.16. The number of amides is 1. The standard InChI is InChI=1S/C14H18N4OS/c1-10(2)15-12(19)8-9-18-13(16-17-14(18)20)11-6-4-3-5-7-11/h3-7,10H,8-9H2,1-2H3,(H,15,19)(H,17,20). The van der Waals surface area contributed by atoms with E-state index >= 15 is 0 Å². The molecule has 2 aromatic rings. The summed E-state index contributed by atoms with van der Waals surface area (Å²) in [4.78, 5) is 11.7. The van der Waals surface area contributed by atoms with Gasteiger partial charge in [-0.05, 0) is 26.1 Å². The van der Waals surface area contributed by atoms with E-state index in [1.807, 2.05) is 48.7 Å². The molecule has 0 spiro atoms. The second-order valence-electron chi connectivity index (χ2n) is 4.84. The number of carbonyl (C=O) groups is 1. The topological polar surface area (TPSA) is 62.7 Å². The average Bonchev–Trinajstić information content (AvgIpc) is 2.78. The average molecular weight is 290 g/mol. The second-order valence-corrected chi connectivity index (χ2v) is 5.23. The van der Waals surface area contributed by atoms with Crippen LogP contribution in [0.15, 0.2) is 30.3 Å². The van der Waals surface area contributed by atoms with E-state index in [2.05, 4.69) is 15.5 Å². The lowest BCUT2D eigenvalue weighted by atomic mass is 10.2. The first-order valence-corrected chi connectivity index (χ1v) is 6.98. The van der Waals surface area contributed by atoms with Gasteiger partial charge in [0, 0.05) is 24.6 Å². The van der Waals surface area contributed by atoms with Crippen molar-refractivity contribution in [2.75, 3.05) is 0 Å². The number of rotatable bonds is 5. The minimum atomic E-state index is 0.0158. The van der Waals surface area contributed by atoms with Crippen molar-refractivity contribution in [1.29, 1.82) is 0 Å². The van der Waals surface area contributed by atoms with Crippen LogP contribution >= 0.6 is 12.2 Å². The zero-order valence-corrected chi connectivity index (χ0v) is 12.4. The first-order valence-electron chi connectivity index (χ1n) is 6.58. The lowest BCUT2D eigenvalue weighted by Crippen LogP contribution is -2.30. The summed E-state index contributed by atoms with van der Waals surface area (Å²) in [7, 11) is 0. The molecule has 1 aromatic heterocycles. The fourth-order valence-electron chi connectivity index (χ4n) is 1.94. The molecule has 0 saturated heterocycles. The summed E-state index contributed by atoms with van der Waals surface area (Å²) in [6.45, 7) is 4.39. The molecule has 0 fully saturated rings. The molecular weight excluding hydrogens is 272 g/mol. The molecule has 0 atom stereocenters. The third-order valence-electron chi connectivity index (χ3n) is 2.80. The molecule has 1 aromatic carbocycles. The van der Waals surface area contributed by atoms with Gasteiger partial charge in [0.2, 0.25) is 5.91 Å². The zero-order chi connectivity index (χ0) is 14.5. The third-order valence-corrected chi connectivity index (χ3v) is 3.11. The number of hydrogen-bond donors (Lipinski definition) is 2. The van der Waals surface area contributed by atoms with Crippen LogP contribution in [0, 0.1) is 4.77 Å². The number of nitrogens with zero attached hydrogens (tertiary/aromatic N) is 2. The molecule has 0 bridgehead atoms. The largest absolute Gasteiger partial charge is 0.354 e. The lowest BCUT2D eigenvalue weighted by molar-refractivity contribution is -0.121. The maximum Gasteiger partial charge on any atom is 0.221 e. The van der Waals surface area contributed by atoms with Crippen molar-refractivity contribution in [3.63, 3.8) is 0 Å². The maximum atomic E-state index is 11.7. The molecule has 2 rings (SSSR count). The van der Waals surface area contributed by atoms with Crippen LogP contribution < -0.4 is 5.32 Å². The summed E-state index contributed by atoms with van der Waals surface area (Å²) in [6, 6.07) is 9.93. The van der Waals surface area contributed by atoms with Crippen molar-refractivity contribution in [3.05, 3.63) is 35.1 Å². The van der Waals surface area contributed by atoms with Crippen LogP contribution in [0.2, 0.25) is 0 Å². The molecule has 0 aliphatic rings. The summed E-state index contributed by atoms with van der Waals surface area (Å²) < 4.78 is 2.38. The van der Waals surface area contributed by atoms with E-state index in [0.29, 0.717) is 17.7 Å². The summed E-state index contributed by atoms with van der Waals surface area (Å²) in [5.74, 6) is 0.773. The van der Waals surface area contributed by atoms with Gasteiger partial charge in [-0.2, -0.15) is 5.10 Å². The Morgan fingerprint density at radius 1 is 1.40 bits per heavy atom. The predicted molar refractivity (Wildman–Crippen MR) is 80.7 cm³/mol. The monoisotopic (exact) mass is 290 g/mol. The van der Waals surface area contributed by atoms with E-state index in [9.17, 15) is 4.79 Å². The number of carbonyl (C=O) groups excluding carboxylic acids is 1. The SMILES string of the molecule is CC(C)NC(=O)CCn1c(-c2ccccc2)n[nH]c1=S. The van der Waals surface area contributed by atoms with Crippen molar-refractivity contribution >= 4 is 18.1 Å². The summed E-state index contributed by atoms with van der Waals surface area (Å²) in [5, 5.41) is 9.89. The van der Waals surface area contributed by atoms with Crippen molar-refractivity contribution in [2.45, 2.75) is 32.9 Å². The van der Waals surface area contributed by atoms with E-state index in [4.69, 9.17) is 12.2 Å².